The molecule has 4 heteroatoms. The number of halogens is 1. The largest absolute Gasteiger partial charge is 0.462 e. The van der Waals surface area contributed by atoms with Crippen LogP contribution in [0.5, 0.6) is 0 Å². The summed E-state index contributed by atoms with van der Waals surface area (Å²) in [6.45, 7) is 8.30. The molecule has 2 aliphatic rings. The van der Waals surface area contributed by atoms with Crippen LogP contribution in [0.4, 0.5) is 0 Å². The lowest BCUT2D eigenvalue weighted by Crippen LogP contribution is -2.36. The van der Waals surface area contributed by atoms with Crippen LogP contribution in [0.25, 0.3) is 10.8 Å². The molecule has 0 N–H and O–H groups in total. The number of benzene rings is 2. The van der Waals surface area contributed by atoms with Gasteiger partial charge in [-0.1, -0.05) is 50.2 Å². The number of esters is 1. The summed E-state index contributed by atoms with van der Waals surface area (Å²) in [7, 11) is 0. The number of ether oxygens (including phenoxy) is 2. The lowest BCUT2D eigenvalue weighted by Gasteiger charge is -2.36. The van der Waals surface area contributed by atoms with Gasteiger partial charge in [0.25, 0.3) is 0 Å². The smallest absolute Gasteiger partial charge is 0.308 e. The number of fused-ring (bicyclic) bond motifs is 3. The van der Waals surface area contributed by atoms with Crippen LogP contribution in [0.15, 0.2) is 40.9 Å². The van der Waals surface area contributed by atoms with Crippen molar-refractivity contribution in [3.8, 4) is 0 Å². The second kappa shape index (κ2) is 8.03. The predicted molar refractivity (Wildman–Crippen MR) is 120 cm³/mol. The topological polar surface area (TPSA) is 35.5 Å². The van der Waals surface area contributed by atoms with Crippen molar-refractivity contribution in [2.75, 3.05) is 0 Å². The fourth-order valence-corrected chi connectivity index (χ4v) is 6.00. The predicted octanol–water partition coefficient (Wildman–Crippen LogP) is 6.61. The van der Waals surface area contributed by atoms with Crippen molar-refractivity contribution in [3.63, 3.8) is 0 Å². The molecule has 2 aromatic carbocycles. The van der Waals surface area contributed by atoms with Crippen molar-refractivity contribution in [1.29, 1.82) is 0 Å². The van der Waals surface area contributed by atoms with Crippen LogP contribution >= 0.6 is 15.9 Å². The molecule has 2 fully saturated rings. The quantitative estimate of drug-likeness (QED) is 0.456. The molecule has 5 unspecified atom stereocenters. The third kappa shape index (κ3) is 3.98. The molecule has 0 aliphatic heterocycles. The zero-order valence-electron chi connectivity index (χ0n) is 17.8. The minimum absolute atomic E-state index is 0.00893. The van der Waals surface area contributed by atoms with Gasteiger partial charge in [0.15, 0.2) is 0 Å². The van der Waals surface area contributed by atoms with Crippen molar-refractivity contribution in [2.45, 2.75) is 71.2 Å². The standard InChI is InChI=1S/C25H31BrO3/c1-5-15(2)24(27)28-21-13-18-12-17(21)14-22(18)29-25(3,4)20-11-10-16-8-6-7-9-19(16)23(20)26/h6-11,15,17-18,21-22H,5,12-14H2,1-4H3. The first-order valence-corrected chi connectivity index (χ1v) is 11.7. The Kier molecular flexibility index (Phi) is 5.78. The molecule has 2 saturated carbocycles. The monoisotopic (exact) mass is 458 g/mol. The summed E-state index contributed by atoms with van der Waals surface area (Å²) >= 11 is 3.83. The van der Waals surface area contributed by atoms with Gasteiger partial charge in [-0.05, 0) is 83.6 Å². The van der Waals surface area contributed by atoms with Gasteiger partial charge in [0.2, 0.25) is 0 Å². The van der Waals surface area contributed by atoms with E-state index < -0.39 is 0 Å². The van der Waals surface area contributed by atoms with E-state index in [1.54, 1.807) is 0 Å². The molecule has 2 bridgehead atoms. The first-order chi connectivity index (χ1) is 13.8. The van der Waals surface area contributed by atoms with Gasteiger partial charge < -0.3 is 9.47 Å². The van der Waals surface area contributed by atoms with Gasteiger partial charge in [-0.15, -0.1) is 0 Å². The van der Waals surface area contributed by atoms with Crippen molar-refractivity contribution in [3.05, 3.63) is 46.4 Å². The van der Waals surface area contributed by atoms with Crippen molar-refractivity contribution >= 4 is 32.7 Å². The first kappa shape index (κ1) is 20.9. The highest BCUT2D eigenvalue weighted by molar-refractivity contribution is 9.10. The third-order valence-electron chi connectivity index (χ3n) is 6.97. The molecule has 0 heterocycles. The Balaban J connectivity index is 1.45. The molecule has 2 aliphatic carbocycles. The Labute approximate surface area is 182 Å². The second-order valence-corrected chi connectivity index (χ2v) is 10.1. The Hall–Kier alpha value is -1.39. The molecule has 5 atom stereocenters. The molecular weight excluding hydrogens is 428 g/mol. The molecule has 4 rings (SSSR count). The molecule has 0 aromatic heterocycles. The molecule has 0 radical (unpaired) electrons. The SMILES string of the molecule is CCC(C)C(=O)OC1CC2CC1CC2OC(C)(C)c1ccc2ccccc2c1Br. The molecular formula is C25H31BrO3. The number of rotatable bonds is 6. The summed E-state index contributed by atoms with van der Waals surface area (Å²) in [5, 5.41) is 2.44. The minimum Gasteiger partial charge on any atom is -0.462 e. The lowest BCUT2D eigenvalue weighted by atomic mass is 9.91. The van der Waals surface area contributed by atoms with Gasteiger partial charge in [-0.25, -0.2) is 0 Å². The fraction of sp³-hybridized carbons (Fsp3) is 0.560. The normalized spacial score (nSPS) is 27.3. The third-order valence-corrected chi connectivity index (χ3v) is 7.82. The van der Waals surface area contributed by atoms with Crippen LogP contribution < -0.4 is 0 Å². The van der Waals surface area contributed by atoms with Crippen LogP contribution in [-0.2, 0) is 19.9 Å². The van der Waals surface area contributed by atoms with Crippen LogP contribution in [0.3, 0.4) is 0 Å². The van der Waals surface area contributed by atoms with E-state index in [4.69, 9.17) is 9.47 Å². The highest BCUT2D eigenvalue weighted by Gasteiger charge is 2.50. The van der Waals surface area contributed by atoms with E-state index in [-0.39, 0.29) is 29.7 Å². The average molecular weight is 459 g/mol. The zero-order chi connectivity index (χ0) is 20.8. The van der Waals surface area contributed by atoms with Gasteiger partial charge in [0.05, 0.1) is 17.6 Å². The maximum Gasteiger partial charge on any atom is 0.308 e. The Morgan fingerprint density at radius 3 is 2.48 bits per heavy atom. The molecule has 0 saturated heterocycles. The Morgan fingerprint density at radius 1 is 1.10 bits per heavy atom. The molecule has 29 heavy (non-hydrogen) atoms. The Morgan fingerprint density at radius 2 is 1.79 bits per heavy atom. The number of hydrogen-bond donors (Lipinski definition) is 0. The van der Waals surface area contributed by atoms with E-state index in [1.807, 2.05) is 13.8 Å². The van der Waals surface area contributed by atoms with E-state index in [0.717, 1.165) is 30.2 Å². The number of hydrogen-bond acceptors (Lipinski definition) is 3. The van der Waals surface area contributed by atoms with Gasteiger partial charge >= 0.3 is 5.97 Å². The fourth-order valence-electron chi connectivity index (χ4n) is 5.03. The van der Waals surface area contributed by atoms with Gasteiger partial charge in [0, 0.05) is 4.47 Å². The second-order valence-electron chi connectivity index (χ2n) is 9.33. The molecule has 0 spiro atoms. The van der Waals surface area contributed by atoms with Crippen LogP contribution in [-0.4, -0.2) is 18.2 Å². The number of carbonyl (C=O) groups is 1. The summed E-state index contributed by atoms with van der Waals surface area (Å²) in [6, 6.07) is 12.8. The van der Waals surface area contributed by atoms with Gasteiger partial charge in [-0.3, -0.25) is 4.79 Å². The van der Waals surface area contributed by atoms with Crippen LogP contribution in [0.1, 0.15) is 58.9 Å². The maximum atomic E-state index is 12.2. The molecule has 3 nitrogen and oxygen atoms in total. The van der Waals surface area contributed by atoms with Crippen molar-refractivity contribution in [2.24, 2.45) is 17.8 Å². The van der Waals surface area contributed by atoms with Crippen molar-refractivity contribution in [1.82, 2.24) is 0 Å². The van der Waals surface area contributed by atoms with E-state index in [0.29, 0.717) is 11.8 Å². The van der Waals surface area contributed by atoms with Crippen LogP contribution in [0, 0.1) is 17.8 Å². The summed E-state index contributed by atoms with van der Waals surface area (Å²) < 4.78 is 13.6. The van der Waals surface area contributed by atoms with E-state index in [1.165, 1.54) is 16.3 Å². The maximum absolute atomic E-state index is 12.2. The summed E-state index contributed by atoms with van der Waals surface area (Å²) in [5.41, 5.74) is 0.791. The van der Waals surface area contributed by atoms with Crippen LogP contribution in [0.2, 0.25) is 0 Å². The summed E-state index contributed by atoms with van der Waals surface area (Å²) in [5.74, 6) is 0.871. The number of carbonyl (C=O) groups excluding carboxylic acids is 1. The highest BCUT2D eigenvalue weighted by atomic mass is 79.9. The summed E-state index contributed by atoms with van der Waals surface area (Å²) in [6.07, 6.45) is 4.17. The van der Waals surface area contributed by atoms with Crippen molar-refractivity contribution < 1.29 is 14.3 Å². The Bertz CT molecular complexity index is 906. The molecule has 156 valence electrons. The van der Waals surface area contributed by atoms with Gasteiger partial charge in [-0.2, -0.15) is 0 Å². The zero-order valence-corrected chi connectivity index (χ0v) is 19.4. The minimum atomic E-state index is -0.388. The highest BCUT2D eigenvalue weighted by Crippen LogP contribution is 2.50. The first-order valence-electron chi connectivity index (χ1n) is 10.9. The molecule has 2 aromatic rings. The molecule has 0 amide bonds. The average Bonchev–Trinajstić information content (AvgIpc) is 3.27. The van der Waals surface area contributed by atoms with E-state index >= 15 is 0 Å². The lowest BCUT2D eigenvalue weighted by molar-refractivity contribution is -0.160. The van der Waals surface area contributed by atoms with E-state index in [2.05, 4.69) is 66.2 Å². The van der Waals surface area contributed by atoms with E-state index in [9.17, 15) is 4.79 Å². The summed E-state index contributed by atoms with van der Waals surface area (Å²) in [4.78, 5) is 12.2. The van der Waals surface area contributed by atoms with Gasteiger partial charge in [0.1, 0.15) is 6.10 Å².